The van der Waals surface area contributed by atoms with Gasteiger partial charge >= 0.3 is 0 Å². The fraction of sp³-hybridized carbons (Fsp3) is 0.455. The zero-order valence-corrected chi connectivity index (χ0v) is 10.4. The molecule has 1 fully saturated rings. The van der Waals surface area contributed by atoms with Crippen molar-refractivity contribution in [3.05, 3.63) is 28.8 Å². The van der Waals surface area contributed by atoms with Crippen LogP contribution in [0.3, 0.4) is 0 Å². The lowest BCUT2D eigenvalue weighted by atomic mass is 10.2. The van der Waals surface area contributed by atoms with Crippen LogP contribution in [0.25, 0.3) is 0 Å². The Balaban J connectivity index is 2.17. The lowest BCUT2D eigenvalue weighted by Gasteiger charge is -2.17. The average molecular weight is 276 g/mol. The largest absolute Gasteiger partial charge is 0.486 e. The maximum atomic E-state index is 5.94. The van der Waals surface area contributed by atoms with Gasteiger partial charge in [-0.1, -0.05) is 27.5 Å². The summed E-state index contributed by atoms with van der Waals surface area (Å²) < 4.78 is 5.94. The van der Waals surface area contributed by atoms with Gasteiger partial charge in [0.2, 0.25) is 0 Å². The van der Waals surface area contributed by atoms with Gasteiger partial charge in [-0.25, -0.2) is 0 Å². The summed E-state index contributed by atoms with van der Waals surface area (Å²) in [6.45, 7) is 2.02. The van der Waals surface area contributed by atoms with Crippen LogP contribution in [0.2, 0.25) is 5.02 Å². The van der Waals surface area contributed by atoms with Gasteiger partial charge in [0.25, 0.3) is 0 Å². The molecule has 0 amide bonds. The van der Waals surface area contributed by atoms with Crippen molar-refractivity contribution in [2.75, 3.05) is 5.33 Å². The molecule has 2 rings (SSSR count). The van der Waals surface area contributed by atoms with Gasteiger partial charge in [-0.15, -0.1) is 0 Å². The molecular formula is C11H12BrClO. The molecule has 1 saturated carbocycles. The summed E-state index contributed by atoms with van der Waals surface area (Å²) in [6.07, 6.45) is 2.28. The van der Waals surface area contributed by atoms with Crippen LogP contribution in [-0.4, -0.2) is 10.9 Å². The molecule has 0 N–H and O–H groups in total. The van der Waals surface area contributed by atoms with Crippen LogP contribution in [0, 0.1) is 6.92 Å². The van der Waals surface area contributed by atoms with Gasteiger partial charge in [-0.3, -0.25) is 0 Å². The Kier molecular flexibility index (Phi) is 2.76. The van der Waals surface area contributed by atoms with E-state index < -0.39 is 0 Å². The minimum atomic E-state index is 0.0542. The SMILES string of the molecule is Cc1cc(Cl)ccc1OC1(CBr)CC1. The number of aryl methyl sites for hydroxylation is 1. The zero-order chi connectivity index (χ0) is 10.2. The van der Waals surface area contributed by atoms with E-state index in [4.69, 9.17) is 16.3 Å². The number of rotatable bonds is 3. The Hall–Kier alpha value is -0.210. The number of hydrogen-bond donors (Lipinski definition) is 0. The van der Waals surface area contributed by atoms with E-state index in [2.05, 4.69) is 15.9 Å². The van der Waals surface area contributed by atoms with Crippen LogP contribution in [0.15, 0.2) is 18.2 Å². The molecule has 0 radical (unpaired) electrons. The third kappa shape index (κ3) is 2.06. The summed E-state index contributed by atoms with van der Waals surface area (Å²) in [6, 6.07) is 5.75. The van der Waals surface area contributed by atoms with Gasteiger partial charge < -0.3 is 4.74 Å². The van der Waals surface area contributed by atoms with Crippen molar-refractivity contribution in [2.24, 2.45) is 0 Å². The van der Waals surface area contributed by atoms with E-state index in [-0.39, 0.29) is 5.60 Å². The van der Waals surface area contributed by atoms with Crippen LogP contribution in [0.5, 0.6) is 5.75 Å². The van der Waals surface area contributed by atoms with E-state index in [1.54, 1.807) is 0 Å². The van der Waals surface area contributed by atoms with Gasteiger partial charge in [0, 0.05) is 10.4 Å². The topological polar surface area (TPSA) is 9.23 Å². The summed E-state index contributed by atoms with van der Waals surface area (Å²) in [5.41, 5.74) is 1.16. The Bertz CT molecular complexity index is 347. The number of ether oxygens (including phenoxy) is 1. The maximum Gasteiger partial charge on any atom is 0.123 e. The van der Waals surface area contributed by atoms with E-state index >= 15 is 0 Å². The second-order valence-electron chi connectivity index (χ2n) is 3.83. The Morgan fingerprint density at radius 3 is 2.71 bits per heavy atom. The molecule has 0 aromatic heterocycles. The highest BCUT2D eigenvalue weighted by molar-refractivity contribution is 9.09. The molecule has 1 aromatic carbocycles. The second kappa shape index (κ2) is 3.74. The number of benzene rings is 1. The lowest BCUT2D eigenvalue weighted by Crippen LogP contribution is -2.19. The zero-order valence-electron chi connectivity index (χ0n) is 8.02. The Labute approximate surface area is 97.5 Å². The van der Waals surface area contributed by atoms with Gasteiger partial charge in [0.15, 0.2) is 0 Å². The number of halogens is 2. The van der Waals surface area contributed by atoms with E-state index in [1.807, 2.05) is 25.1 Å². The summed E-state index contributed by atoms with van der Waals surface area (Å²) in [5, 5.41) is 1.67. The molecule has 0 atom stereocenters. The normalized spacial score (nSPS) is 17.9. The van der Waals surface area contributed by atoms with Crippen LogP contribution in [0.4, 0.5) is 0 Å². The predicted molar refractivity (Wildman–Crippen MR) is 62.6 cm³/mol. The van der Waals surface area contributed by atoms with Gasteiger partial charge in [-0.05, 0) is 43.5 Å². The molecule has 1 aliphatic rings. The molecule has 76 valence electrons. The molecule has 1 nitrogen and oxygen atoms in total. The minimum absolute atomic E-state index is 0.0542. The van der Waals surface area contributed by atoms with Crippen molar-refractivity contribution >= 4 is 27.5 Å². The molecule has 1 aromatic rings. The molecule has 0 bridgehead atoms. The van der Waals surface area contributed by atoms with E-state index in [0.717, 1.165) is 34.5 Å². The first-order valence-corrected chi connectivity index (χ1v) is 6.16. The molecule has 14 heavy (non-hydrogen) atoms. The molecule has 1 aliphatic carbocycles. The quantitative estimate of drug-likeness (QED) is 0.759. The molecule has 0 saturated heterocycles. The van der Waals surface area contributed by atoms with Crippen LogP contribution in [-0.2, 0) is 0 Å². The Morgan fingerprint density at radius 1 is 1.50 bits per heavy atom. The van der Waals surface area contributed by atoms with Gasteiger partial charge in [0.1, 0.15) is 11.4 Å². The van der Waals surface area contributed by atoms with E-state index in [1.165, 1.54) is 0 Å². The van der Waals surface area contributed by atoms with Crippen molar-refractivity contribution in [2.45, 2.75) is 25.4 Å². The van der Waals surface area contributed by atoms with Crippen LogP contribution < -0.4 is 4.74 Å². The highest BCUT2D eigenvalue weighted by Crippen LogP contribution is 2.42. The number of hydrogen-bond acceptors (Lipinski definition) is 1. The summed E-state index contributed by atoms with van der Waals surface area (Å²) in [4.78, 5) is 0. The molecule has 0 spiro atoms. The molecule has 3 heteroatoms. The van der Waals surface area contributed by atoms with Gasteiger partial charge in [-0.2, -0.15) is 0 Å². The molecule has 0 heterocycles. The molecule has 0 unspecified atom stereocenters. The highest BCUT2D eigenvalue weighted by Gasteiger charge is 2.44. The standard InChI is InChI=1S/C11H12BrClO/c1-8-6-9(13)2-3-10(8)14-11(7-12)4-5-11/h2-3,6H,4-5,7H2,1H3. The fourth-order valence-corrected chi connectivity index (χ4v) is 2.26. The fourth-order valence-electron chi connectivity index (χ4n) is 1.36. The smallest absolute Gasteiger partial charge is 0.123 e. The summed E-state index contributed by atoms with van der Waals surface area (Å²) >= 11 is 9.35. The predicted octanol–water partition coefficient (Wildman–Crippen LogP) is 3.95. The summed E-state index contributed by atoms with van der Waals surface area (Å²) in [7, 11) is 0. The monoisotopic (exact) mass is 274 g/mol. The summed E-state index contributed by atoms with van der Waals surface area (Å²) in [5.74, 6) is 0.950. The van der Waals surface area contributed by atoms with Crippen LogP contribution in [0.1, 0.15) is 18.4 Å². The number of alkyl halides is 1. The van der Waals surface area contributed by atoms with Crippen molar-refractivity contribution in [1.29, 1.82) is 0 Å². The van der Waals surface area contributed by atoms with Crippen LogP contribution >= 0.6 is 27.5 Å². The van der Waals surface area contributed by atoms with E-state index in [9.17, 15) is 0 Å². The van der Waals surface area contributed by atoms with Crippen molar-refractivity contribution in [1.82, 2.24) is 0 Å². The van der Waals surface area contributed by atoms with E-state index in [0.29, 0.717) is 0 Å². The average Bonchev–Trinajstić information content (AvgIpc) is 2.91. The van der Waals surface area contributed by atoms with Crippen molar-refractivity contribution in [3.8, 4) is 5.75 Å². The molecule has 0 aliphatic heterocycles. The first kappa shape index (κ1) is 10.3. The Morgan fingerprint density at radius 2 is 2.21 bits per heavy atom. The highest BCUT2D eigenvalue weighted by atomic mass is 79.9. The third-order valence-electron chi connectivity index (χ3n) is 2.51. The third-order valence-corrected chi connectivity index (χ3v) is 3.77. The first-order chi connectivity index (χ1) is 6.65. The lowest BCUT2D eigenvalue weighted by molar-refractivity contribution is 0.205. The first-order valence-electron chi connectivity index (χ1n) is 4.66. The van der Waals surface area contributed by atoms with Crippen molar-refractivity contribution in [3.63, 3.8) is 0 Å². The minimum Gasteiger partial charge on any atom is -0.486 e. The second-order valence-corrected chi connectivity index (χ2v) is 4.83. The van der Waals surface area contributed by atoms with Gasteiger partial charge in [0.05, 0.1) is 0 Å². The van der Waals surface area contributed by atoms with Crippen molar-refractivity contribution < 1.29 is 4.74 Å². The molecular weight excluding hydrogens is 263 g/mol. The maximum absolute atomic E-state index is 5.94.